The van der Waals surface area contributed by atoms with E-state index in [0.29, 0.717) is 60.8 Å². The maximum Gasteiger partial charge on any atom is 0.407 e. The zero-order valence-electron chi connectivity index (χ0n) is 24.9. The highest BCUT2D eigenvalue weighted by Crippen LogP contribution is 2.31. The Bertz CT molecular complexity index is 1580. The molecule has 2 heterocycles. The van der Waals surface area contributed by atoms with Crippen LogP contribution in [0.4, 0.5) is 10.7 Å². The lowest BCUT2D eigenvalue weighted by atomic mass is 10.1. The summed E-state index contributed by atoms with van der Waals surface area (Å²) in [5, 5.41) is 9.99. The molecule has 4 N–H and O–H groups in total. The number of primary amides is 1. The van der Waals surface area contributed by atoms with Gasteiger partial charge in [0.1, 0.15) is 23.6 Å². The van der Waals surface area contributed by atoms with E-state index in [1.807, 2.05) is 39.1 Å². The minimum Gasteiger partial charge on any atom is -0.494 e. The summed E-state index contributed by atoms with van der Waals surface area (Å²) < 4.78 is 14.3. The monoisotopic (exact) mass is 590 g/mol. The summed E-state index contributed by atoms with van der Waals surface area (Å²) in [6, 6.07) is 14.9. The predicted octanol–water partition coefficient (Wildman–Crippen LogP) is 3.17. The number of aryl methyl sites for hydroxylation is 3. The molecule has 0 unspecified atom stereocenters. The Kier molecular flexibility index (Phi) is 10.3. The molecule has 0 atom stereocenters. The number of nitrogens with two attached hydrogens (primary N) is 1. The van der Waals surface area contributed by atoms with Gasteiger partial charge >= 0.3 is 6.09 Å². The molecular formula is C30H38N8O5. The van der Waals surface area contributed by atoms with Crippen LogP contribution < -0.4 is 21.1 Å². The summed E-state index contributed by atoms with van der Waals surface area (Å²) >= 11 is 0. The number of amides is 3. The van der Waals surface area contributed by atoms with Gasteiger partial charge in [-0.25, -0.2) is 9.78 Å². The minimum absolute atomic E-state index is 0.227. The van der Waals surface area contributed by atoms with Crippen LogP contribution >= 0.6 is 0 Å². The molecule has 13 heteroatoms. The van der Waals surface area contributed by atoms with E-state index in [-0.39, 0.29) is 24.0 Å². The zero-order valence-corrected chi connectivity index (χ0v) is 24.9. The highest BCUT2D eigenvalue weighted by molar-refractivity contribution is 6.04. The third kappa shape index (κ3) is 7.89. The van der Waals surface area contributed by atoms with Crippen molar-refractivity contribution in [1.29, 1.82) is 0 Å². The molecule has 0 radical (unpaired) electrons. The van der Waals surface area contributed by atoms with Gasteiger partial charge in [-0.2, -0.15) is 5.10 Å². The molecule has 0 saturated heterocycles. The van der Waals surface area contributed by atoms with Crippen molar-refractivity contribution in [2.45, 2.75) is 39.9 Å². The van der Waals surface area contributed by atoms with Gasteiger partial charge in [-0.15, -0.1) is 0 Å². The first-order valence-corrected chi connectivity index (χ1v) is 14.1. The second kappa shape index (κ2) is 14.3. The van der Waals surface area contributed by atoms with Gasteiger partial charge in [0.05, 0.1) is 18.3 Å². The van der Waals surface area contributed by atoms with Crippen LogP contribution in [0.3, 0.4) is 0 Å². The van der Waals surface area contributed by atoms with Crippen LogP contribution in [0.2, 0.25) is 0 Å². The van der Waals surface area contributed by atoms with E-state index in [2.05, 4.69) is 37.7 Å². The first kappa shape index (κ1) is 31.0. The highest BCUT2D eigenvalue weighted by Gasteiger charge is 2.21. The Morgan fingerprint density at radius 3 is 2.58 bits per heavy atom. The number of hydrogen-bond acceptors (Lipinski definition) is 8. The third-order valence-electron chi connectivity index (χ3n) is 6.80. The number of alkyl carbamates (subject to hydrolysis) is 1. The predicted molar refractivity (Wildman–Crippen MR) is 162 cm³/mol. The summed E-state index contributed by atoms with van der Waals surface area (Å²) in [6.07, 6.45) is -0.0200. The number of fused-ring (bicyclic) bond motifs is 1. The number of hydrogen-bond donors (Lipinski definition) is 3. The van der Waals surface area contributed by atoms with Crippen molar-refractivity contribution in [3.63, 3.8) is 0 Å². The molecule has 43 heavy (non-hydrogen) atoms. The number of nitrogens with one attached hydrogen (secondary N) is 2. The van der Waals surface area contributed by atoms with Crippen molar-refractivity contribution >= 4 is 34.9 Å². The summed E-state index contributed by atoms with van der Waals surface area (Å²) in [7, 11) is 3.45. The molecule has 0 aliphatic carbocycles. The van der Waals surface area contributed by atoms with Crippen LogP contribution in [-0.4, -0.2) is 76.0 Å². The van der Waals surface area contributed by atoms with Gasteiger partial charge in [-0.1, -0.05) is 30.3 Å². The summed E-state index contributed by atoms with van der Waals surface area (Å²) in [4.78, 5) is 44.1. The SMILES string of the molecule is CCn1nc(C)cc1C(=O)Nc1nc2cc(C(N)=O)cc(OC)c2n1CCCNC(=O)OCCN(C)Cc1ccccc1. The van der Waals surface area contributed by atoms with Gasteiger partial charge in [0.2, 0.25) is 11.9 Å². The smallest absolute Gasteiger partial charge is 0.407 e. The third-order valence-corrected chi connectivity index (χ3v) is 6.80. The number of benzene rings is 2. The van der Waals surface area contributed by atoms with E-state index >= 15 is 0 Å². The standard InChI is InChI=1S/C30H38N8O5/c1-5-38-24(16-20(2)35-38)28(40)34-29-33-23-17-22(27(31)39)18-25(42-4)26(23)37(29)13-9-12-32-30(41)43-15-14-36(3)19-21-10-7-6-8-11-21/h6-8,10-11,16-18H,5,9,12-15,19H2,1-4H3,(H2,31,39)(H,32,41)(H,33,34,40). The number of imidazole rings is 1. The van der Waals surface area contributed by atoms with Crippen molar-refractivity contribution < 1.29 is 23.9 Å². The number of nitrogens with zero attached hydrogens (tertiary/aromatic N) is 5. The molecule has 4 rings (SSSR count). The molecule has 0 spiro atoms. The Labute approximate surface area is 249 Å². The van der Waals surface area contributed by atoms with E-state index in [4.69, 9.17) is 15.2 Å². The molecule has 2 aromatic carbocycles. The highest BCUT2D eigenvalue weighted by atomic mass is 16.5. The van der Waals surface area contributed by atoms with Crippen molar-refractivity contribution in [2.24, 2.45) is 5.73 Å². The Balaban J connectivity index is 1.41. The van der Waals surface area contributed by atoms with Gasteiger partial charge in [0.25, 0.3) is 5.91 Å². The summed E-state index contributed by atoms with van der Waals surface area (Å²) in [5.74, 6) is -0.380. The van der Waals surface area contributed by atoms with E-state index in [1.54, 1.807) is 21.4 Å². The average molecular weight is 591 g/mol. The number of ether oxygens (including phenoxy) is 2. The second-order valence-corrected chi connectivity index (χ2v) is 10.1. The Morgan fingerprint density at radius 2 is 1.88 bits per heavy atom. The van der Waals surface area contributed by atoms with Crippen LogP contribution in [-0.2, 0) is 24.4 Å². The molecule has 228 valence electrons. The van der Waals surface area contributed by atoms with Crippen LogP contribution in [0, 0.1) is 6.92 Å². The number of rotatable bonds is 14. The fourth-order valence-corrected chi connectivity index (χ4v) is 4.72. The molecule has 0 aliphatic rings. The van der Waals surface area contributed by atoms with E-state index < -0.39 is 12.0 Å². The maximum absolute atomic E-state index is 13.2. The van der Waals surface area contributed by atoms with Gasteiger partial charge in [0.15, 0.2) is 0 Å². The minimum atomic E-state index is -0.628. The number of likely N-dealkylation sites (N-methyl/N-ethyl adjacent to an activating group) is 1. The van der Waals surface area contributed by atoms with Crippen LogP contribution in [0.25, 0.3) is 11.0 Å². The fraction of sp³-hybridized carbons (Fsp3) is 0.367. The fourth-order valence-electron chi connectivity index (χ4n) is 4.72. The number of carbonyl (C=O) groups is 3. The molecular weight excluding hydrogens is 552 g/mol. The molecule has 0 bridgehead atoms. The first-order chi connectivity index (χ1) is 20.7. The van der Waals surface area contributed by atoms with Crippen molar-refractivity contribution in [3.05, 3.63) is 71.0 Å². The quantitative estimate of drug-likeness (QED) is 0.189. The maximum atomic E-state index is 13.2. The molecule has 2 aromatic heterocycles. The Morgan fingerprint density at radius 1 is 1.12 bits per heavy atom. The van der Waals surface area contributed by atoms with E-state index in [0.717, 1.165) is 6.54 Å². The number of aromatic nitrogens is 4. The van der Waals surface area contributed by atoms with Crippen molar-refractivity contribution in [1.82, 2.24) is 29.5 Å². The van der Waals surface area contributed by atoms with Crippen molar-refractivity contribution in [2.75, 3.05) is 39.2 Å². The summed E-state index contributed by atoms with van der Waals surface area (Å²) in [5.41, 5.74) is 9.04. The normalized spacial score (nSPS) is 11.1. The van der Waals surface area contributed by atoms with E-state index in [1.165, 1.54) is 18.7 Å². The van der Waals surface area contributed by atoms with Gasteiger partial charge in [-0.05, 0) is 51.1 Å². The van der Waals surface area contributed by atoms with E-state index in [9.17, 15) is 14.4 Å². The van der Waals surface area contributed by atoms with Crippen LogP contribution in [0.15, 0.2) is 48.5 Å². The largest absolute Gasteiger partial charge is 0.494 e. The lowest BCUT2D eigenvalue weighted by molar-refractivity contribution is 0.0995. The lowest BCUT2D eigenvalue weighted by Crippen LogP contribution is -2.30. The molecule has 0 saturated carbocycles. The number of anilines is 1. The summed E-state index contributed by atoms with van der Waals surface area (Å²) in [6.45, 7) is 6.52. The second-order valence-electron chi connectivity index (χ2n) is 10.1. The molecule has 13 nitrogen and oxygen atoms in total. The van der Waals surface area contributed by atoms with Crippen LogP contribution in [0.1, 0.15) is 45.4 Å². The molecule has 4 aromatic rings. The zero-order chi connectivity index (χ0) is 30.9. The number of carbonyl (C=O) groups excluding carboxylic acids is 3. The van der Waals surface area contributed by atoms with Crippen molar-refractivity contribution in [3.8, 4) is 5.75 Å². The topological polar surface area (TPSA) is 159 Å². The van der Waals surface area contributed by atoms with Gasteiger partial charge in [-0.3, -0.25) is 24.5 Å². The molecule has 0 aliphatic heterocycles. The number of methoxy groups -OCH3 is 1. The average Bonchev–Trinajstić information content (AvgIpc) is 3.54. The Hall–Kier alpha value is -4.91. The first-order valence-electron chi connectivity index (χ1n) is 14.1. The van der Waals surface area contributed by atoms with Crippen LogP contribution in [0.5, 0.6) is 5.75 Å². The van der Waals surface area contributed by atoms with Gasteiger partial charge < -0.3 is 25.1 Å². The molecule has 3 amide bonds. The lowest BCUT2D eigenvalue weighted by Gasteiger charge is -2.16. The molecule has 0 fully saturated rings. The van der Waals surface area contributed by atoms with Gasteiger partial charge in [0, 0.05) is 38.3 Å².